The standard InChI is InChI=1S/C19H15N3O3S/c1-13(17-20-21-18(25-17)14-7-3-2-4-8-14)24-19(23)16-15(9-12-26-16)22-10-5-6-11-22/h2-13H,1H3. The highest BCUT2D eigenvalue weighted by Gasteiger charge is 2.22. The first kappa shape index (κ1) is 16.3. The molecule has 3 heterocycles. The molecule has 6 nitrogen and oxygen atoms in total. The van der Waals surface area contributed by atoms with E-state index in [1.807, 2.05) is 70.9 Å². The van der Waals surface area contributed by atoms with Gasteiger partial charge in [0.1, 0.15) is 4.88 Å². The van der Waals surface area contributed by atoms with Crippen molar-refractivity contribution >= 4 is 17.3 Å². The van der Waals surface area contributed by atoms with Crippen molar-refractivity contribution in [3.05, 3.63) is 77.1 Å². The summed E-state index contributed by atoms with van der Waals surface area (Å²) < 4.78 is 13.1. The lowest BCUT2D eigenvalue weighted by Crippen LogP contribution is -2.10. The number of carbonyl (C=O) groups is 1. The molecule has 0 saturated carbocycles. The van der Waals surface area contributed by atoms with Crippen LogP contribution in [-0.4, -0.2) is 20.7 Å². The van der Waals surface area contributed by atoms with E-state index in [4.69, 9.17) is 9.15 Å². The minimum atomic E-state index is -0.646. The Labute approximate surface area is 153 Å². The Hall–Kier alpha value is -3.19. The molecule has 0 fully saturated rings. The van der Waals surface area contributed by atoms with Crippen LogP contribution in [0.1, 0.15) is 28.6 Å². The minimum absolute atomic E-state index is 0.260. The predicted molar refractivity (Wildman–Crippen MR) is 97.2 cm³/mol. The SMILES string of the molecule is CC(OC(=O)c1sccc1-n1cccc1)c1nnc(-c2ccccc2)o1. The molecule has 0 aliphatic rings. The quantitative estimate of drug-likeness (QED) is 0.487. The number of hydrogen-bond acceptors (Lipinski definition) is 6. The fourth-order valence-corrected chi connectivity index (χ4v) is 3.29. The molecule has 0 aliphatic heterocycles. The first-order chi connectivity index (χ1) is 12.7. The van der Waals surface area contributed by atoms with Crippen molar-refractivity contribution in [3.63, 3.8) is 0 Å². The Kier molecular flexibility index (Phi) is 4.37. The molecule has 1 aromatic carbocycles. The lowest BCUT2D eigenvalue weighted by Gasteiger charge is -2.10. The van der Waals surface area contributed by atoms with Gasteiger partial charge in [-0.05, 0) is 42.6 Å². The fourth-order valence-electron chi connectivity index (χ4n) is 2.51. The zero-order chi connectivity index (χ0) is 17.9. The smallest absolute Gasteiger partial charge is 0.351 e. The van der Waals surface area contributed by atoms with E-state index in [9.17, 15) is 4.79 Å². The van der Waals surface area contributed by atoms with Gasteiger partial charge >= 0.3 is 5.97 Å². The average Bonchev–Trinajstić information content (AvgIpc) is 3.42. The Morgan fingerprint density at radius 3 is 2.65 bits per heavy atom. The van der Waals surface area contributed by atoms with Crippen LogP contribution in [-0.2, 0) is 4.74 Å². The third-order valence-corrected chi connectivity index (χ3v) is 4.69. The predicted octanol–water partition coefficient (Wildman–Crippen LogP) is 4.51. The minimum Gasteiger partial charge on any atom is -0.448 e. The highest BCUT2D eigenvalue weighted by molar-refractivity contribution is 7.12. The summed E-state index contributed by atoms with van der Waals surface area (Å²) in [6.45, 7) is 1.71. The Morgan fingerprint density at radius 2 is 1.88 bits per heavy atom. The number of nitrogens with zero attached hydrogens (tertiary/aromatic N) is 3. The highest BCUT2D eigenvalue weighted by atomic mass is 32.1. The number of aromatic nitrogens is 3. The van der Waals surface area contributed by atoms with E-state index < -0.39 is 12.1 Å². The number of rotatable bonds is 5. The zero-order valence-electron chi connectivity index (χ0n) is 13.9. The maximum Gasteiger partial charge on any atom is 0.351 e. The number of thiophene rings is 1. The van der Waals surface area contributed by atoms with E-state index in [-0.39, 0.29) is 5.89 Å². The van der Waals surface area contributed by atoms with Crippen LogP contribution < -0.4 is 0 Å². The summed E-state index contributed by atoms with van der Waals surface area (Å²) in [4.78, 5) is 13.1. The van der Waals surface area contributed by atoms with Gasteiger partial charge in [0.05, 0.1) is 5.69 Å². The summed E-state index contributed by atoms with van der Waals surface area (Å²) in [6, 6.07) is 15.1. The molecule has 0 bridgehead atoms. The van der Waals surface area contributed by atoms with Crippen molar-refractivity contribution in [1.82, 2.24) is 14.8 Å². The van der Waals surface area contributed by atoms with E-state index in [1.165, 1.54) is 11.3 Å². The van der Waals surface area contributed by atoms with Gasteiger partial charge in [-0.1, -0.05) is 18.2 Å². The second kappa shape index (κ2) is 6.97. The lowest BCUT2D eigenvalue weighted by atomic mass is 10.2. The average molecular weight is 365 g/mol. The second-order valence-electron chi connectivity index (χ2n) is 5.58. The molecule has 0 spiro atoms. The van der Waals surface area contributed by atoms with Gasteiger partial charge in [0, 0.05) is 18.0 Å². The molecule has 1 unspecified atom stereocenters. The van der Waals surface area contributed by atoms with Crippen LogP contribution in [0.3, 0.4) is 0 Å². The third kappa shape index (κ3) is 3.16. The molecular formula is C19H15N3O3S. The van der Waals surface area contributed by atoms with Gasteiger partial charge < -0.3 is 13.7 Å². The summed E-state index contributed by atoms with van der Waals surface area (Å²) in [5, 5.41) is 9.89. The van der Waals surface area contributed by atoms with E-state index in [0.29, 0.717) is 10.8 Å². The van der Waals surface area contributed by atoms with Gasteiger partial charge in [-0.3, -0.25) is 0 Å². The summed E-state index contributed by atoms with van der Waals surface area (Å²) in [6.07, 6.45) is 3.12. The van der Waals surface area contributed by atoms with Crippen LogP contribution in [0.25, 0.3) is 17.1 Å². The molecule has 0 aliphatic carbocycles. The van der Waals surface area contributed by atoms with Gasteiger partial charge in [-0.2, -0.15) is 0 Å². The van der Waals surface area contributed by atoms with Crippen molar-refractivity contribution in [2.45, 2.75) is 13.0 Å². The Balaban J connectivity index is 1.51. The van der Waals surface area contributed by atoms with E-state index in [0.717, 1.165) is 11.3 Å². The Morgan fingerprint density at radius 1 is 1.12 bits per heavy atom. The van der Waals surface area contributed by atoms with Crippen LogP contribution in [0, 0.1) is 0 Å². The maximum atomic E-state index is 12.6. The molecule has 1 atom stereocenters. The third-order valence-electron chi connectivity index (χ3n) is 3.81. The number of benzene rings is 1. The molecular weight excluding hydrogens is 350 g/mol. The van der Waals surface area contributed by atoms with Crippen LogP contribution >= 0.6 is 11.3 Å². The monoisotopic (exact) mass is 365 g/mol. The van der Waals surface area contributed by atoms with Gasteiger partial charge in [0.15, 0.2) is 6.10 Å². The number of ether oxygens (including phenoxy) is 1. The van der Waals surface area contributed by atoms with Gasteiger partial charge in [0.25, 0.3) is 5.89 Å². The van der Waals surface area contributed by atoms with Crippen molar-refractivity contribution in [2.75, 3.05) is 0 Å². The lowest BCUT2D eigenvalue weighted by molar-refractivity contribution is 0.0286. The van der Waals surface area contributed by atoms with E-state index in [1.54, 1.807) is 6.92 Å². The van der Waals surface area contributed by atoms with Crippen molar-refractivity contribution < 1.29 is 13.9 Å². The zero-order valence-corrected chi connectivity index (χ0v) is 14.7. The highest BCUT2D eigenvalue weighted by Crippen LogP contribution is 2.26. The van der Waals surface area contributed by atoms with Crippen LogP contribution in [0.4, 0.5) is 0 Å². The Bertz CT molecular complexity index is 1010. The molecule has 130 valence electrons. The largest absolute Gasteiger partial charge is 0.448 e. The first-order valence-corrected chi connectivity index (χ1v) is 8.91. The molecule has 0 N–H and O–H groups in total. The molecule has 0 radical (unpaired) electrons. The van der Waals surface area contributed by atoms with E-state index >= 15 is 0 Å². The molecule has 4 aromatic rings. The van der Waals surface area contributed by atoms with Crippen molar-refractivity contribution in [3.8, 4) is 17.1 Å². The van der Waals surface area contributed by atoms with Gasteiger partial charge in [-0.15, -0.1) is 21.5 Å². The number of hydrogen-bond donors (Lipinski definition) is 0. The molecule has 0 saturated heterocycles. The van der Waals surface area contributed by atoms with Gasteiger partial charge in [-0.25, -0.2) is 4.79 Å². The first-order valence-electron chi connectivity index (χ1n) is 8.03. The van der Waals surface area contributed by atoms with Crippen LogP contribution in [0.15, 0.2) is 70.7 Å². The maximum absolute atomic E-state index is 12.6. The van der Waals surface area contributed by atoms with Crippen LogP contribution in [0.2, 0.25) is 0 Å². The molecule has 26 heavy (non-hydrogen) atoms. The molecule has 4 rings (SSSR count). The normalized spacial score (nSPS) is 12.0. The van der Waals surface area contributed by atoms with Crippen LogP contribution in [0.5, 0.6) is 0 Å². The summed E-state index contributed by atoms with van der Waals surface area (Å²) >= 11 is 1.33. The fraction of sp³-hybridized carbons (Fsp3) is 0.105. The number of carbonyl (C=O) groups excluding carboxylic acids is 1. The molecule has 0 amide bonds. The second-order valence-corrected chi connectivity index (χ2v) is 6.50. The molecule has 7 heteroatoms. The summed E-state index contributed by atoms with van der Waals surface area (Å²) in [7, 11) is 0. The topological polar surface area (TPSA) is 70.2 Å². The number of esters is 1. The summed E-state index contributed by atoms with van der Waals surface area (Å²) in [5.74, 6) is 0.236. The van der Waals surface area contributed by atoms with Crippen molar-refractivity contribution in [1.29, 1.82) is 0 Å². The summed E-state index contributed by atoms with van der Waals surface area (Å²) in [5.41, 5.74) is 1.60. The van der Waals surface area contributed by atoms with Crippen molar-refractivity contribution in [2.24, 2.45) is 0 Å². The molecule has 3 aromatic heterocycles. The van der Waals surface area contributed by atoms with Gasteiger partial charge in [0.2, 0.25) is 5.89 Å². The van der Waals surface area contributed by atoms with E-state index in [2.05, 4.69) is 10.2 Å².